The summed E-state index contributed by atoms with van der Waals surface area (Å²) in [7, 11) is -0.163. The molecule has 0 heterocycles. The quantitative estimate of drug-likeness (QED) is 0.122. The van der Waals surface area contributed by atoms with E-state index in [1.807, 2.05) is 12.2 Å². The van der Waals surface area contributed by atoms with Gasteiger partial charge in [0, 0.05) is 6.42 Å². The lowest BCUT2D eigenvalue weighted by Gasteiger charge is -2.22. The van der Waals surface area contributed by atoms with Gasteiger partial charge in [-0.15, -0.1) is 6.58 Å². The standard InChI is InChI=1S/C22H38O3Si/c1-6-7-8-9-10-11-12-15-18-21(25-26(3,4)5)19-16-13-14-17-20-22(23)24-2/h6,11-12,21H,1,7-10,13-14,16-17,19-20H2,2-5H3/b12-11+/t21-/m1/s1. The molecule has 148 valence electrons. The highest BCUT2D eigenvalue weighted by Gasteiger charge is 2.19. The van der Waals surface area contributed by atoms with Crippen molar-refractivity contribution in [3.8, 4) is 11.8 Å². The van der Waals surface area contributed by atoms with Gasteiger partial charge in [-0.3, -0.25) is 4.79 Å². The zero-order chi connectivity index (χ0) is 19.7. The highest BCUT2D eigenvalue weighted by Crippen LogP contribution is 2.14. The van der Waals surface area contributed by atoms with Crippen LogP contribution in [0.1, 0.15) is 64.2 Å². The summed E-state index contributed by atoms with van der Waals surface area (Å²) in [5.74, 6) is 6.32. The third-order valence-corrected chi connectivity index (χ3v) is 4.79. The minimum Gasteiger partial charge on any atom is -0.469 e. The minimum absolute atomic E-state index is 0.0210. The highest BCUT2D eigenvalue weighted by molar-refractivity contribution is 6.69. The molecule has 26 heavy (non-hydrogen) atoms. The molecule has 0 aliphatic rings. The van der Waals surface area contributed by atoms with Crippen LogP contribution in [0, 0.1) is 11.8 Å². The van der Waals surface area contributed by atoms with Crippen LogP contribution in [0.15, 0.2) is 24.8 Å². The molecule has 0 rings (SSSR count). The lowest BCUT2D eigenvalue weighted by molar-refractivity contribution is -0.140. The molecule has 0 radical (unpaired) electrons. The number of hydrogen-bond acceptors (Lipinski definition) is 3. The van der Waals surface area contributed by atoms with Gasteiger partial charge in [0.25, 0.3) is 0 Å². The van der Waals surface area contributed by atoms with E-state index in [0.29, 0.717) is 6.42 Å². The number of ether oxygens (including phenoxy) is 1. The Labute approximate surface area is 162 Å². The fraction of sp³-hybridized carbons (Fsp3) is 0.682. The van der Waals surface area contributed by atoms with E-state index < -0.39 is 8.32 Å². The van der Waals surface area contributed by atoms with Crippen LogP contribution < -0.4 is 0 Å². The normalized spacial score (nSPS) is 12.5. The Morgan fingerprint density at radius 1 is 1.08 bits per heavy atom. The summed E-state index contributed by atoms with van der Waals surface area (Å²) in [5, 5.41) is 0. The third kappa shape index (κ3) is 17.5. The van der Waals surface area contributed by atoms with Crippen LogP contribution >= 0.6 is 0 Å². The Morgan fingerprint density at radius 3 is 2.42 bits per heavy atom. The number of allylic oxidation sites excluding steroid dienone is 3. The van der Waals surface area contributed by atoms with Crippen molar-refractivity contribution in [2.24, 2.45) is 0 Å². The molecule has 4 heteroatoms. The van der Waals surface area contributed by atoms with E-state index in [9.17, 15) is 4.79 Å². The fourth-order valence-electron chi connectivity index (χ4n) is 2.48. The van der Waals surface area contributed by atoms with E-state index in [1.54, 1.807) is 0 Å². The average Bonchev–Trinajstić information content (AvgIpc) is 2.58. The minimum atomic E-state index is -1.60. The predicted octanol–water partition coefficient (Wildman–Crippen LogP) is 6.03. The fourth-order valence-corrected chi connectivity index (χ4v) is 3.51. The molecule has 0 amide bonds. The maximum Gasteiger partial charge on any atom is 0.305 e. The Morgan fingerprint density at radius 2 is 1.77 bits per heavy atom. The summed E-state index contributed by atoms with van der Waals surface area (Å²) in [4.78, 5) is 11.1. The summed E-state index contributed by atoms with van der Waals surface area (Å²) >= 11 is 0. The molecule has 0 bridgehead atoms. The van der Waals surface area contributed by atoms with Crippen molar-refractivity contribution in [2.75, 3.05) is 7.11 Å². The highest BCUT2D eigenvalue weighted by atomic mass is 28.4. The molecule has 0 saturated heterocycles. The Balaban J connectivity index is 4.16. The molecule has 0 aromatic carbocycles. The zero-order valence-corrected chi connectivity index (χ0v) is 18.3. The second-order valence-electron chi connectivity index (χ2n) is 7.51. The monoisotopic (exact) mass is 378 g/mol. The van der Waals surface area contributed by atoms with Crippen LogP contribution in [-0.2, 0) is 14.0 Å². The number of methoxy groups -OCH3 is 1. The van der Waals surface area contributed by atoms with Crippen LogP contribution in [0.3, 0.4) is 0 Å². The van der Waals surface area contributed by atoms with Gasteiger partial charge in [0.15, 0.2) is 8.32 Å². The molecule has 0 aromatic rings. The van der Waals surface area contributed by atoms with Gasteiger partial charge in [-0.05, 0) is 70.7 Å². The maximum atomic E-state index is 11.1. The van der Waals surface area contributed by atoms with Crippen molar-refractivity contribution in [3.63, 3.8) is 0 Å². The molecule has 0 N–H and O–H groups in total. The van der Waals surface area contributed by atoms with Crippen LogP contribution in [0.2, 0.25) is 19.6 Å². The van der Waals surface area contributed by atoms with Crippen molar-refractivity contribution >= 4 is 14.3 Å². The molecule has 1 atom stereocenters. The van der Waals surface area contributed by atoms with Crippen LogP contribution in [0.4, 0.5) is 0 Å². The van der Waals surface area contributed by atoms with Gasteiger partial charge in [0.1, 0.15) is 6.10 Å². The molecule has 0 unspecified atom stereocenters. The molecule has 3 nitrogen and oxygen atoms in total. The van der Waals surface area contributed by atoms with E-state index in [0.717, 1.165) is 44.9 Å². The smallest absolute Gasteiger partial charge is 0.305 e. The molecule has 0 aliphatic carbocycles. The van der Waals surface area contributed by atoms with Gasteiger partial charge in [-0.1, -0.05) is 36.8 Å². The summed E-state index contributed by atoms with van der Waals surface area (Å²) in [6, 6.07) is 0. The molecule has 0 aromatic heterocycles. The molecular formula is C22H38O3Si. The number of hydrogen-bond donors (Lipinski definition) is 0. The van der Waals surface area contributed by atoms with E-state index in [1.165, 1.54) is 20.0 Å². The second-order valence-corrected chi connectivity index (χ2v) is 12.0. The largest absolute Gasteiger partial charge is 0.469 e. The number of carbonyl (C=O) groups is 1. The van der Waals surface area contributed by atoms with Gasteiger partial charge in [-0.2, -0.15) is 0 Å². The van der Waals surface area contributed by atoms with Gasteiger partial charge < -0.3 is 9.16 Å². The number of rotatable bonds is 14. The SMILES string of the molecule is C=CCCCC/C=C/C#C[C@H](CCCCCCC(=O)OC)O[Si](C)(C)C. The molecular weight excluding hydrogens is 340 g/mol. The first-order chi connectivity index (χ1) is 12.4. The second kappa shape index (κ2) is 15.9. The van der Waals surface area contributed by atoms with E-state index in [4.69, 9.17) is 4.43 Å². The van der Waals surface area contributed by atoms with Crippen LogP contribution in [0.5, 0.6) is 0 Å². The number of esters is 1. The third-order valence-electron chi connectivity index (χ3n) is 3.80. The van der Waals surface area contributed by atoms with Gasteiger partial charge in [-0.25, -0.2) is 0 Å². The lowest BCUT2D eigenvalue weighted by Crippen LogP contribution is -2.31. The molecule has 0 fully saturated rings. The Bertz CT molecular complexity index is 466. The zero-order valence-electron chi connectivity index (χ0n) is 17.3. The lowest BCUT2D eigenvalue weighted by atomic mass is 10.1. The Kier molecular flexibility index (Phi) is 15.1. The maximum absolute atomic E-state index is 11.1. The average molecular weight is 379 g/mol. The Hall–Kier alpha value is -1.31. The van der Waals surface area contributed by atoms with Crippen molar-refractivity contribution in [2.45, 2.75) is 90.0 Å². The van der Waals surface area contributed by atoms with Gasteiger partial charge in [0.2, 0.25) is 0 Å². The van der Waals surface area contributed by atoms with E-state index >= 15 is 0 Å². The van der Waals surface area contributed by atoms with E-state index in [-0.39, 0.29) is 12.1 Å². The van der Waals surface area contributed by atoms with E-state index in [2.05, 4.69) is 48.9 Å². The van der Waals surface area contributed by atoms with Gasteiger partial charge >= 0.3 is 5.97 Å². The molecule has 0 spiro atoms. The van der Waals surface area contributed by atoms with Crippen molar-refractivity contribution in [3.05, 3.63) is 24.8 Å². The summed E-state index contributed by atoms with van der Waals surface area (Å²) in [5.41, 5.74) is 0. The summed E-state index contributed by atoms with van der Waals surface area (Å²) in [6.07, 6.45) is 16.2. The number of unbranched alkanes of at least 4 members (excludes halogenated alkanes) is 6. The summed E-state index contributed by atoms with van der Waals surface area (Å²) in [6.45, 7) is 10.3. The molecule has 0 saturated carbocycles. The van der Waals surface area contributed by atoms with Crippen molar-refractivity contribution in [1.82, 2.24) is 0 Å². The van der Waals surface area contributed by atoms with Crippen molar-refractivity contribution < 1.29 is 14.0 Å². The number of carbonyl (C=O) groups excluding carboxylic acids is 1. The first-order valence-corrected chi connectivity index (χ1v) is 13.3. The van der Waals surface area contributed by atoms with Crippen molar-refractivity contribution in [1.29, 1.82) is 0 Å². The van der Waals surface area contributed by atoms with Gasteiger partial charge in [0.05, 0.1) is 7.11 Å². The molecule has 0 aliphatic heterocycles. The van der Waals surface area contributed by atoms with Crippen LogP contribution in [-0.4, -0.2) is 27.5 Å². The summed E-state index contributed by atoms with van der Waals surface area (Å²) < 4.78 is 10.9. The predicted molar refractivity (Wildman–Crippen MR) is 114 cm³/mol. The van der Waals surface area contributed by atoms with Crippen LogP contribution in [0.25, 0.3) is 0 Å². The first kappa shape index (κ1) is 24.7. The topological polar surface area (TPSA) is 35.5 Å². The first-order valence-electron chi connectivity index (χ1n) is 9.90.